The van der Waals surface area contributed by atoms with Crippen molar-refractivity contribution in [3.05, 3.63) is 169 Å². The second kappa shape index (κ2) is 9.39. The van der Waals surface area contributed by atoms with E-state index in [0.29, 0.717) is 0 Å². The molecule has 0 amide bonds. The molecule has 0 bridgehead atoms. The van der Waals surface area contributed by atoms with Crippen LogP contribution in [-0.2, 0) is 6.42 Å². The van der Waals surface area contributed by atoms with Crippen LogP contribution in [0.25, 0.3) is 87.2 Å². The van der Waals surface area contributed by atoms with Crippen LogP contribution in [-0.4, -0.2) is 0 Å². The Kier molecular flexibility index (Phi) is 5.15. The molecule has 0 heteroatoms. The van der Waals surface area contributed by atoms with E-state index in [0.717, 1.165) is 6.42 Å². The summed E-state index contributed by atoms with van der Waals surface area (Å²) in [6.07, 6.45) is 0.950. The highest BCUT2D eigenvalue weighted by molar-refractivity contribution is 6.25. The predicted molar refractivity (Wildman–Crippen MR) is 193 cm³/mol. The molecule has 0 radical (unpaired) electrons. The maximum atomic E-state index is 2.40. The molecule has 0 atom stereocenters. The van der Waals surface area contributed by atoms with Gasteiger partial charge in [-0.25, -0.2) is 0 Å². The third kappa shape index (κ3) is 3.54. The Labute approximate surface area is 261 Å². The number of hydrogen-bond donors (Lipinski definition) is 0. The van der Waals surface area contributed by atoms with Crippen LogP contribution in [0.4, 0.5) is 0 Å². The third-order valence-corrected chi connectivity index (χ3v) is 10.1. The number of rotatable bonds is 2. The summed E-state index contributed by atoms with van der Waals surface area (Å²) in [5.74, 6) is 0. The van der Waals surface area contributed by atoms with Crippen LogP contribution in [0.15, 0.2) is 158 Å². The normalized spacial score (nSPS) is 12.4. The maximum absolute atomic E-state index is 2.40. The van der Waals surface area contributed by atoms with Crippen molar-refractivity contribution in [3.63, 3.8) is 0 Å². The Balaban J connectivity index is 1.15. The van der Waals surface area contributed by atoms with Gasteiger partial charge in [0.2, 0.25) is 0 Å². The fraction of sp³-hybridized carbons (Fsp3) is 0.0222. The first-order chi connectivity index (χ1) is 22.3. The molecule has 208 valence electrons. The van der Waals surface area contributed by atoms with Gasteiger partial charge in [0, 0.05) is 0 Å². The SMILES string of the molecule is c1cc(-c2ccc3c4ccccc4c4ccccc4c3c2)cc(-c2cccc3c2Cc2c-3c3ccccc3c3ccccc23)c1. The molecule has 45 heavy (non-hydrogen) atoms. The summed E-state index contributed by atoms with van der Waals surface area (Å²) < 4.78 is 0. The quantitative estimate of drug-likeness (QED) is 0.182. The van der Waals surface area contributed by atoms with Gasteiger partial charge in [-0.1, -0.05) is 146 Å². The number of hydrogen-bond acceptors (Lipinski definition) is 0. The largest absolute Gasteiger partial charge is 0.0616 e. The predicted octanol–water partition coefficient (Wildman–Crippen LogP) is 12.4. The van der Waals surface area contributed by atoms with Gasteiger partial charge in [0.05, 0.1) is 0 Å². The van der Waals surface area contributed by atoms with Gasteiger partial charge in [-0.05, 0) is 117 Å². The molecule has 0 aliphatic heterocycles. The monoisotopic (exact) mass is 568 g/mol. The van der Waals surface area contributed by atoms with Crippen molar-refractivity contribution in [3.8, 4) is 33.4 Å². The molecule has 0 saturated heterocycles. The van der Waals surface area contributed by atoms with Crippen LogP contribution >= 0.6 is 0 Å². The van der Waals surface area contributed by atoms with E-state index in [-0.39, 0.29) is 0 Å². The molecule has 10 rings (SSSR count). The van der Waals surface area contributed by atoms with Gasteiger partial charge in [-0.15, -0.1) is 0 Å². The fourth-order valence-electron chi connectivity index (χ4n) is 8.12. The maximum Gasteiger partial charge on any atom is -0.0000885 e. The van der Waals surface area contributed by atoms with Crippen LogP contribution in [0.5, 0.6) is 0 Å². The average molecular weight is 569 g/mol. The highest BCUT2D eigenvalue weighted by Gasteiger charge is 2.26. The van der Waals surface area contributed by atoms with E-state index in [9.17, 15) is 0 Å². The van der Waals surface area contributed by atoms with Gasteiger partial charge in [-0.2, -0.15) is 0 Å². The summed E-state index contributed by atoms with van der Waals surface area (Å²) in [6.45, 7) is 0. The van der Waals surface area contributed by atoms with E-state index in [1.807, 2.05) is 0 Å². The van der Waals surface area contributed by atoms with Crippen molar-refractivity contribution >= 4 is 53.9 Å². The Morgan fingerprint density at radius 1 is 0.267 bits per heavy atom. The Bertz CT molecular complexity index is 2640. The molecular weight excluding hydrogens is 540 g/mol. The van der Waals surface area contributed by atoms with E-state index in [2.05, 4.69) is 158 Å². The highest BCUT2D eigenvalue weighted by Crippen LogP contribution is 2.48. The fourth-order valence-corrected chi connectivity index (χ4v) is 8.12. The summed E-state index contributed by atoms with van der Waals surface area (Å²) in [6, 6.07) is 58.5. The summed E-state index contributed by atoms with van der Waals surface area (Å²) >= 11 is 0. The van der Waals surface area contributed by atoms with Gasteiger partial charge in [0.15, 0.2) is 0 Å². The minimum Gasteiger partial charge on any atom is -0.0616 e. The second-order valence-corrected chi connectivity index (χ2v) is 12.4. The molecule has 1 aliphatic rings. The summed E-state index contributed by atoms with van der Waals surface area (Å²) in [5, 5.41) is 13.3. The minimum atomic E-state index is 0.950. The molecule has 9 aromatic carbocycles. The van der Waals surface area contributed by atoms with Crippen LogP contribution in [0.3, 0.4) is 0 Å². The smallest absolute Gasteiger partial charge is 0.0000885 e. The van der Waals surface area contributed by atoms with Gasteiger partial charge >= 0.3 is 0 Å². The van der Waals surface area contributed by atoms with Crippen molar-refractivity contribution in [2.45, 2.75) is 6.42 Å². The number of fused-ring (bicyclic) bond motifs is 14. The summed E-state index contributed by atoms with van der Waals surface area (Å²) in [5.41, 5.74) is 10.8. The zero-order chi connectivity index (χ0) is 29.5. The lowest BCUT2D eigenvalue weighted by atomic mass is 9.90. The Hall–Kier alpha value is -5.72. The average Bonchev–Trinajstić information content (AvgIpc) is 3.52. The zero-order valence-corrected chi connectivity index (χ0v) is 24.7. The lowest BCUT2D eigenvalue weighted by Gasteiger charge is -2.13. The molecule has 0 fully saturated rings. The first kappa shape index (κ1) is 24.7. The van der Waals surface area contributed by atoms with Crippen LogP contribution < -0.4 is 0 Å². The summed E-state index contributed by atoms with van der Waals surface area (Å²) in [7, 11) is 0. The minimum absolute atomic E-state index is 0.950. The van der Waals surface area contributed by atoms with E-state index in [1.54, 1.807) is 0 Å². The van der Waals surface area contributed by atoms with Crippen molar-refractivity contribution in [1.29, 1.82) is 0 Å². The van der Waals surface area contributed by atoms with E-state index in [4.69, 9.17) is 0 Å². The topological polar surface area (TPSA) is 0 Å². The molecule has 1 aliphatic carbocycles. The Morgan fingerprint density at radius 2 is 0.733 bits per heavy atom. The van der Waals surface area contributed by atoms with Crippen molar-refractivity contribution < 1.29 is 0 Å². The Morgan fingerprint density at radius 3 is 1.42 bits per heavy atom. The lowest BCUT2D eigenvalue weighted by molar-refractivity contribution is 1.29. The van der Waals surface area contributed by atoms with Crippen molar-refractivity contribution in [1.82, 2.24) is 0 Å². The second-order valence-electron chi connectivity index (χ2n) is 12.4. The van der Waals surface area contributed by atoms with Crippen molar-refractivity contribution in [2.75, 3.05) is 0 Å². The van der Waals surface area contributed by atoms with Crippen molar-refractivity contribution in [2.24, 2.45) is 0 Å². The van der Waals surface area contributed by atoms with Crippen LogP contribution in [0.1, 0.15) is 11.1 Å². The summed E-state index contributed by atoms with van der Waals surface area (Å²) in [4.78, 5) is 0. The van der Waals surface area contributed by atoms with Gasteiger partial charge in [0.1, 0.15) is 0 Å². The zero-order valence-electron chi connectivity index (χ0n) is 24.7. The van der Waals surface area contributed by atoms with Gasteiger partial charge < -0.3 is 0 Å². The molecule has 0 heterocycles. The van der Waals surface area contributed by atoms with E-state index >= 15 is 0 Å². The van der Waals surface area contributed by atoms with E-state index in [1.165, 1.54) is 98.4 Å². The molecule has 0 unspecified atom stereocenters. The molecule has 9 aromatic rings. The molecule has 0 nitrogen and oxygen atoms in total. The molecular formula is C45H28. The highest BCUT2D eigenvalue weighted by atomic mass is 14.3. The van der Waals surface area contributed by atoms with E-state index < -0.39 is 0 Å². The molecule has 0 aromatic heterocycles. The molecule has 0 N–H and O–H groups in total. The van der Waals surface area contributed by atoms with Crippen LogP contribution in [0.2, 0.25) is 0 Å². The third-order valence-electron chi connectivity index (χ3n) is 10.1. The standard InChI is InChI=1S/C45H28/c1-2-15-34-32(13-1)33-14-3-5-18-37(33)42-26-29(23-24-39(34)42)28-11-9-12-30(25-28)31-21-10-22-41-43(31)27-44-38-19-6-4-16-35(38)36-17-7-8-20-40(36)45(41)44/h1-26H,27H2. The molecule has 0 saturated carbocycles. The first-order valence-corrected chi connectivity index (χ1v) is 15.8. The van der Waals surface area contributed by atoms with Crippen LogP contribution in [0, 0.1) is 0 Å². The lowest BCUT2D eigenvalue weighted by Crippen LogP contribution is -1.89. The number of benzene rings is 9. The first-order valence-electron chi connectivity index (χ1n) is 15.8. The molecule has 0 spiro atoms. The van der Waals surface area contributed by atoms with Gasteiger partial charge in [-0.3, -0.25) is 0 Å². The van der Waals surface area contributed by atoms with Gasteiger partial charge in [0.25, 0.3) is 0 Å².